The molecule has 1 aliphatic carbocycles. The molecule has 3 rings (SSSR count). The summed E-state index contributed by atoms with van der Waals surface area (Å²) in [6, 6.07) is 7.83. The predicted molar refractivity (Wildman–Crippen MR) is 85.3 cm³/mol. The molecule has 0 aromatic heterocycles. The summed E-state index contributed by atoms with van der Waals surface area (Å²) < 4.78 is 0. The summed E-state index contributed by atoms with van der Waals surface area (Å²) in [5, 5.41) is 5.21. The molecule has 0 saturated heterocycles. The quantitative estimate of drug-likeness (QED) is 0.804. The van der Waals surface area contributed by atoms with Crippen molar-refractivity contribution in [2.75, 3.05) is 11.1 Å². The minimum atomic E-state index is 0.198. The lowest BCUT2D eigenvalue weighted by molar-refractivity contribution is 0.266. The Bertz CT molecular complexity index is 503. The summed E-state index contributed by atoms with van der Waals surface area (Å²) in [6.07, 6.45) is 5.15. The van der Waals surface area contributed by atoms with Crippen LogP contribution in [0.15, 0.2) is 29.3 Å². The largest absolute Gasteiger partial charge is 0.335 e. The highest BCUT2D eigenvalue weighted by Gasteiger charge is 2.39. The zero-order chi connectivity index (χ0) is 13.3. The molecule has 1 saturated carbocycles. The molecule has 2 unspecified atom stereocenters. The number of anilines is 1. The van der Waals surface area contributed by atoms with Crippen molar-refractivity contribution in [3.8, 4) is 0 Å². The van der Waals surface area contributed by atoms with Crippen molar-refractivity contribution in [2.45, 2.75) is 38.1 Å². The van der Waals surface area contributed by atoms with Gasteiger partial charge < -0.3 is 5.32 Å². The molecule has 1 fully saturated rings. The number of amidine groups is 1. The van der Waals surface area contributed by atoms with Crippen LogP contribution >= 0.6 is 23.4 Å². The number of nitrogens with zero attached hydrogens (tertiary/aromatic N) is 1. The van der Waals surface area contributed by atoms with E-state index in [1.165, 1.54) is 25.7 Å². The molecule has 4 heteroatoms. The van der Waals surface area contributed by atoms with Crippen LogP contribution in [0.2, 0.25) is 5.02 Å². The Hall–Kier alpha value is -0.670. The minimum absolute atomic E-state index is 0.198. The molecule has 0 bridgehead atoms. The second kappa shape index (κ2) is 5.37. The van der Waals surface area contributed by atoms with E-state index < -0.39 is 0 Å². The average molecular weight is 295 g/mol. The van der Waals surface area contributed by atoms with Gasteiger partial charge in [0.1, 0.15) is 0 Å². The maximum atomic E-state index is 6.00. The summed E-state index contributed by atoms with van der Waals surface area (Å²) >= 11 is 7.85. The Labute approximate surface area is 124 Å². The van der Waals surface area contributed by atoms with Crippen molar-refractivity contribution >= 4 is 34.2 Å². The Morgan fingerprint density at radius 3 is 3.16 bits per heavy atom. The van der Waals surface area contributed by atoms with Gasteiger partial charge >= 0.3 is 0 Å². The van der Waals surface area contributed by atoms with E-state index in [9.17, 15) is 0 Å². The molecule has 2 nitrogen and oxygen atoms in total. The second-order valence-electron chi connectivity index (χ2n) is 5.77. The van der Waals surface area contributed by atoms with E-state index in [0.717, 1.165) is 27.5 Å². The lowest BCUT2D eigenvalue weighted by atomic mass is 9.78. The fourth-order valence-electron chi connectivity index (χ4n) is 3.10. The molecule has 1 heterocycles. The predicted octanol–water partition coefficient (Wildman–Crippen LogP) is 4.80. The van der Waals surface area contributed by atoms with Crippen LogP contribution in [-0.2, 0) is 0 Å². The zero-order valence-electron chi connectivity index (χ0n) is 11.2. The fraction of sp³-hybridized carbons (Fsp3) is 0.533. The topological polar surface area (TPSA) is 24.4 Å². The molecule has 1 N–H and O–H groups in total. The SMILES string of the molecule is CC1CCCC2(CSC(Nc3cccc(Cl)c3)=N2)C1. The first kappa shape index (κ1) is 13.3. The van der Waals surface area contributed by atoms with Gasteiger partial charge in [-0.25, -0.2) is 0 Å². The van der Waals surface area contributed by atoms with Gasteiger partial charge in [0, 0.05) is 16.5 Å². The van der Waals surface area contributed by atoms with Crippen LogP contribution in [-0.4, -0.2) is 16.5 Å². The highest BCUT2D eigenvalue weighted by molar-refractivity contribution is 8.14. The third kappa shape index (κ3) is 3.09. The molecule has 2 aliphatic rings. The van der Waals surface area contributed by atoms with Crippen LogP contribution in [0.4, 0.5) is 5.69 Å². The fourth-order valence-corrected chi connectivity index (χ4v) is 4.47. The number of halogens is 1. The molecular formula is C15H19ClN2S. The van der Waals surface area contributed by atoms with E-state index >= 15 is 0 Å². The average Bonchev–Trinajstić information content (AvgIpc) is 2.71. The molecule has 1 aromatic rings. The van der Waals surface area contributed by atoms with Gasteiger partial charge in [0.05, 0.1) is 5.54 Å². The van der Waals surface area contributed by atoms with Gasteiger partial charge in [0.15, 0.2) is 5.17 Å². The highest BCUT2D eigenvalue weighted by Crippen LogP contribution is 2.42. The Morgan fingerprint density at radius 2 is 2.37 bits per heavy atom. The maximum Gasteiger partial charge on any atom is 0.161 e. The monoisotopic (exact) mass is 294 g/mol. The molecule has 0 radical (unpaired) electrons. The van der Waals surface area contributed by atoms with E-state index in [2.05, 4.69) is 12.2 Å². The molecule has 102 valence electrons. The third-order valence-electron chi connectivity index (χ3n) is 3.96. The van der Waals surface area contributed by atoms with E-state index in [-0.39, 0.29) is 5.54 Å². The second-order valence-corrected chi connectivity index (χ2v) is 7.17. The number of benzene rings is 1. The summed E-state index contributed by atoms with van der Waals surface area (Å²) in [4.78, 5) is 4.98. The third-order valence-corrected chi connectivity index (χ3v) is 5.34. The molecule has 2 atom stereocenters. The Morgan fingerprint density at radius 1 is 1.47 bits per heavy atom. The number of hydrogen-bond acceptors (Lipinski definition) is 3. The first-order valence-corrected chi connectivity index (χ1v) is 8.27. The summed E-state index contributed by atoms with van der Waals surface area (Å²) in [6.45, 7) is 2.35. The smallest absolute Gasteiger partial charge is 0.161 e. The van der Waals surface area contributed by atoms with Gasteiger partial charge in [-0.1, -0.05) is 49.2 Å². The van der Waals surface area contributed by atoms with Crippen molar-refractivity contribution in [1.29, 1.82) is 0 Å². The van der Waals surface area contributed by atoms with Crippen molar-refractivity contribution in [3.63, 3.8) is 0 Å². The van der Waals surface area contributed by atoms with Crippen LogP contribution in [0, 0.1) is 5.92 Å². The van der Waals surface area contributed by atoms with E-state index in [1.54, 1.807) is 0 Å². The van der Waals surface area contributed by atoms with Crippen LogP contribution < -0.4 is 5.32 Å². The number of aliphatic imine (C=N–C) groups is 1. The molecule has 1 aliphatic heterocycles. The first-order chi connectivity index (χ1) is 9.15. The highest BCUT2D eigenvalue weighted by atomic mass is 35.5. The van der Waals surface area contributed by atoms with Gasteiger partial charge in [0.25, 0.3) is 0 Å². The Kier molecular flexibility index (Phi) is 3.77. The number of hydrogen-bond donors (Lipinski definition) is 1. The minimum Gasteiger partial charge on any atom is -0.335 e. The summed E-state index contributed by atoms with van der Waals surface area (Å²) in [5.41, 5.74) is 1.23. The standard InChI is InChI=1S/C15H19ClN2S/c1-11-4-3-7-15(9-11)10-19-14(18-15)17-13-6-2-5-12(16)8-13/h2,5-6,8,11H,3-4,7,9-10H2,1H3,(H,17,18). The van der Waals surface area contributed by atoms with Gasteiger partial charge in [-0.05, 0) is 37.0 Å². The maximum absolute atomic E-state index is 6.00. The van der Waals surface area contributed by atoms with Gasteiger partial charge in [-0.2, -0.15) is 0 Å². The van der Waals surface area contributed by atoms with Crippen LogP contribution in [0.3, 0.4) is 0 Å². The lowest BCUT2D eigenvalue weighted by Gasteiger charge is -2.33. The van der Waals surface area contributed by atoms with Gasteiger partial charge in [-0.3, -0.25) is 4.99 Å². The summed E-state index contributed by atoms with van der Waals surface area (Å²) in [5.74, 6) is 1.93. The number of thioether (sulfide) groups is 1. The van der Waals surface area contributed by atoms with E-state index in [4.69, 9.17) is 16.6 Å². The molecule has 19 heavy (non-hydrogen) atoms. The van der Waals surface area contributed by atoms with Crippen molar-refractivity contribution < 1.29 is 0 Å². The number of nitrogens with one attached hydrogen (secondary N) is 1. The van der Waals surface area contributed by atoms with Crippen molar-refractivity contribution in [2.24, 2.45) is 10.9 Å². The molecule has 1 aromatic carbocycles. The Balaban J connectivity index is 1.73. The van der Waals surface area contributed by atoms with Crippen LogP contribution in [0.25, 0.3) is 0 Å². The van der Waals surface area contributed by atoms with Crippen LogP contribution in [0.5, 0.6) is 0 Å². The lowest BCUT2D eigenvalue weighted by Crippen LogP contribution is -2.33. The van der Waals surface area contributed by atoms with E-state index in [0.29, 0.717) is 0 Å². The first-order valence-electron chi connectivity index (χ1n) is 6.90. The van der Waals surface area contributed by atoms with Gasteiger partial charge in [0.2, 0.25) is 0 Å². The number of rotatable bonds is 1. The van der Waals surface area contributed by atoms with Gasteiger partial charge in [-0.15, -0.1) is 0 Å². The van der Waals surface area contributed by atoms with Crippen LogP contribution in [0.1, 0.15) is 32.6 Å². The van der Waals surface area contributed by atoms with Crippen molar-refractivity contribution in [3.05, 3.63) is 29.3 Å². The molecule has 0 amide bonds. The molecule has 1 spiro atoms. The normalized spacial score (nSPS) is 30.4. The molecular weight excluding hydrogens is 276 g/mol. The van der Waals surface area contributed by atoms with Crippen molar-refractivity contribution in [1.82, 2.24) is 0 Å². The van der Waals surface area contributed by atoms with E-state index in [1.807, 2.05) is 36.0 Å². The zero-order valence-corrected chi connectivity index (χ0v) is 12.7. The summed E-state index contributed by atoms with van der Waals surface area (Å²) in [7, 11) is 0.